The zero-order chi connectivity index (χ0) is 14.7. The van der Waals surface area contributed by atoms with Crippen LogP contribution in [0.25, 0.3) is 10.8 Å². The summed E-state index contributed by atoms with van der Waals surface area (Å²) in [7, 11) is 0. The summed E-state index contributed by atoms with van der Waals surface area (Å²) in [5, 5.41) is 2.44. The highest BCUT2D eigenvalue weighted by Gasteiger charge is 2.41. The number of hydrogen-bond acceptors (Lipinski definition) is 2. The minimum atomic E-state index is -0.428. The molecule has 0 N–H and O–H groups in total. The lowest BCUT2D eigenvalue weighted by molar-refractivity contribution is -0.162. The van der Waals surface area contributed by atoms with Gasteiger partial charge in [-0.05, 0) is 42.0 Å². The first-order valence-corrected chi connectivity index (χ1v) is 7.49. The van der Waals surface area contributed by atoms with Gasteiger partial charge >= 0.3 is 5.97 Å². The Kier molecular flexibility index (Phi) is 3.78. The number of hydrogen-bond donors (Lipinski definition) is 0. The Morgan fingerprint density at radius 2 is 2.00 bits per heavy atom. The molecule has 1 saturated heterocycles. The number of fused-ring (bicyclic) bond motifs is 1. The summed E-state index contributed by atoms with van der Waals surface area (Å²) in [6.07, 6.45) is 5.06. The number of rotatable bonds is 4. The topological polar surface area (TPSA) is 26.3 Å². The van der Waals surface area contributed by atoms with E-state index in [1.165, 1.54) is 16.3 Å². The summed E-state index contributed by atoms with van der Waals surface area (Å²) in [6.45, 7) is 4.37. The number of carbonyl (C=O) groups is 1. The van der Waals surface area contributed by atoms with Crippen LogP contribution in [0, 0.1) is 5.41 Å². The van der Waals surface area contributed by atoms with Gasteiger partial charge in [-0.15, -0.1) is 6.58 Å². The number of carbonyl (C=O) groups excluding carboxylic acids is 1. The maximum Gasteiger partial charge on any atom is 0.312 e. The quantitative estimate of drug-likeness (QED) is 0.617. The second-order valence-corrected chi connectivity index (χ2v) is 5.87. The molecule has 1 aliphatic heterocycles. The van der Waals surface area contributed by atoms with Crippen molar-refractivity contribution in [2.45, 2.75) is 25.7 Å². The number of allylic oxidation sites excluding steroid dienone is 1. The second-order valence-electron chi connectivity index (χ2n) is 5.87. The van der Waals surface area contributed by atoms with Crippen molar-refractivity contribution < 1.29 is 9.53 Å². The van der Waals surface area contributed by atoms with E-state index in [0.717, 1.165) is 19.3 Å². The molecule has 1 heterocycles. The molecule has 0 bridgehead atoms. The molecule has 2 heteroatoms. The first-order valence-electron chi connectivity index (χ1n) is 7.49. The van der Waals surface area contributed by atoms with E-state index in [1.807, 2.05) is 18.2 Å². The monoisotopic (exact) mass is 280 g/mol. The minimum absolute atomic E-state index is 0.0678. The molecule has 3 rings (SSSR count). The Hall–Kier alpha value is -2.09. The molecule has 0 aliphatic carbocycles. The van der Waals surface area contributed by atoms with Crippen molar-refractivity contribution in [3.8, 4) is 0 Å². The number of benzene rings is 2. The largest absolute Gasteiger partial charge is 0.465 e. The van der Waals surface area contributed by atoms with Crippen LogP contribution >= 0.6 is 0 Å². The molecule has 0 saturated carbocycles. The van der Waals surface area contributed by atoms with Crippen molar-refractivity contribution >= 4 is 16.7 Å². The predicted molar refractivity (Wildman–Crippen MR) is 85.1 cm³/mol. The molecule has 1 unspecified atom stereocenters. The fourth-order valence-electron chi connectivity index (χ4n) is 3.26. The molecule has 2 nitrogen and oxygen atoms in total. The second kappa shape index (κ2) is 5.72. The minimum Gasteiger partial charge on any atom is -0.465 e. The molecule has 2 aromatic rings. The number of esters is 1. The predicted octanol–water partition coefficient (Wildman–Crippen LogP) is 4.28. The zero-order valence-electron chi connectivity index (χ0n) is 12.2. The van der Waals surface area contributed by atoms with Crippen LogP contribution in [0.2, 0.25) is 0 Å². The lowest BCUT2D eigenvalue weighted by Crippen LogP contribution is -2.38. The van der Waals surface area contributed by atoms with Crippen molar-refractivity contribution in [3.05, 3.63) is 60.7 Å². The molecule has 1 fully saturated rings. The standard InChI is InChI=1S/C19H20O2/c1-2-10-19(11-5-12-21-18(19)20)14-15-8-9-16-6-3-4-7-17(16)13-15/h2-4,6-9,13H,1,5,10-12,14H2. The molecular weight excluding hydrogens is 260 g/mol. The molecule has 0 aromatic heterocycles. The highest BCUT2D eigenvalue weighted by atomic mass is 16.5. The third-order valence-electron chi connectivity index (χ3n) is 4.36. The van der Waals surface area contributed by atoms with E-state index >= 15 is 0 Å². The lowest BCUT2D eigenvalue weighted by atomic mass is 9.74. The van der Waals surface area contributed by atoms with Gasteiger partial charge in [0.05, 0.1) is 12.0 Å². The molecule has 0 spiro atoms. The van der Waals surface area contributed by atoms with Crippen LogP contribution in [0.1, 0.15) is 24.8 Å². The summed E-state index contributed by atoms with van der Waals surface area (Å²) in [5.41, 5.74) is 0.761. The summed E-state index contributed by atoms with van der Waals surface area (Å²) in [6, 6.07) is 14.7. The molecule has 0 amide bonds. The van der Waals surface area contributed by atoms with Crippen molar-refractivity contribution in [2.24, 2.45) is 5.41 Å². The van der Waals surface area contributed by atoms with Crippen LogP contribution in [-0.2, 0) is 16.0 Å². The number of ether oxygens (including phenoxy) is 1. The SMILES string of the molecule is C=CCC1(Cc2ccc3ccccc3c2)CCCOC1=O. The summed E-state index contributed by atoms with van der Waals surface area (Å²) < 4.78 is 5.32. The van der Waals surface area contributed by atoms with Crippen LogP contribution in [0.5, 0.6) is 0 Å². The van der Waals surface area contributed by atoms with Crippen molar-refractivity contribution in [3.63, 3.8) is 0 Å². The Morgan fingerprint density at radius 1 is 1.19 bits per heavy atom. The maximum atomic E-state index is 12.3. The molecule has 0 radical (unpaired) electrons. The summed E-state index contributed by atoms with van der Waals surface area (Å²) in [4.78, 5) is 12.3. The van der Waals surface area contributed by atoms with Crippen LogP contribution in [0.15, 0.2) is 55.1 Å². The van der Waals surface area contributed by atoms with Crippen molar-refractivity contribution in [1.29, 1.82) is 0 Å². The van der Waals surface area contributed by atoms with Gasteiger partial charge in [0.15, 0.2) is 0 Å². The number of cyclic esters (lactones) is 1. The van der Waals surface area contributed by atoms with E-state index in [4.69, 9.17) is 4.74 Å². The third-order valence-corrected chi connectivity index (χ3v) is 4.36. The van der Waals surface area contributed by atoms with Gasteiger partial charge < -0.3 is 4.74 Å². The van der Waals surface area contributed by atoms with Crippen LogP contribution in [0.4, 0.5) is 0 Å². The normalized spacial score (nSPS) is 22.0. The Labute approximate surface area is 125 Å². The molecule has 1 aliphatic rings. The van der Waals surface area contributed by atoms with Gasteiger partial charge in [0.25, 0.3) is 0 Å². The van der Waals surface area contributed by atoms with E-state index in [9.17, 15) is 4.79 Å². The van der Waals surface area contributed by atoms with Crippen LogP contribution in [0.3, 0.4) is 0 Å². The van der Waals surface area contributed by atoms with Gasteiger partial charge in [0, 0.05) is 0 Å². The van der Waals surface area contributed by atoms with Gasteiger partial charge in [-0.25, -0.2) is 0 Å². The fraction of sp³-hybridized carbons (Fsp3) is 0.316. The summed E-state index contributed by atoms with van der Waals surface area (Å²) >= 11 is 0. The average molecular weight is 280 g/mol. The molecule has 1 atom stereocenters. The molecule has 108 valence electrons. The van der Waals surface area contributed by atoms with Gasteiger partial charge in [-0.2, -0.15) is 0 Å². The van der Waals surface area contributed by atoms with Crippen molar-refractivity contribution in [2.75, 3.05) is 6.61 Å². The third kappa shape index (κ3) is 2.71. The van der Waals surface area contributed by atoms with Crippen molar-refractivity contribution in [1.82, 2.24) is 0 Å². The average Bonchev–Trinajstić information content (AvgIpc) is 2.50. The van der Waals surface area contributed by atoms with Crippen LogP contribution < -0.4 is 0 Å². The zero-order valence-corrected chi connectivity index (χ0v) is 12.2. The Bertz CT molecular complexity index is 674. The van der Waals surface area contributed by atoms with E-state index in [2.05, 4.69) is 36.9 Å². The Balaban J connectivity index is 1.93. The van der Waals surface area contributed by atoms with E-state index in [1.54, 1.807) is 0 Å². The molecule has 2 aromatic carbocycles. The Morgan fingerprint density at radius 3 is 2.76 bits per heavy atom. The lowest BCUT2D eigenvalue weighted by Gasteiger charge is -2.34. The van der Waals surface area contributed by atoms with E-state index < -0.39 is 5.41 Å². The van der Waals surface area contributed by atoms with Gasteiger partial charge in [0.2, 0.25) is 0 Å². The van der Waals surface area contributed by atoms with E-state index in [0.29, 0.717) is 13.0 Å². The van der Waals surface area contributed by atoms with Crippen LogP contribution in [-0.4, -0.2) is 12.6 Å². The van der Waals surface area contributed by atoms with Gasteiger partial charge in [-0.1, -0.05) is 48.5 Å². The first-order chi connectivity index (χ1) is 10.2. The summed E-state index contributed by atoms with van der Waals surface area (Å²) in [5.74, 6) is -0.0678. The maximum absolute atomic E-state index is 12.3. The van der Waals surface area contributed by atoms with Gasteiger partial charge in [-0.3, -0.25) is 4.79 Å². The first kappa shape index (κ1) is 13.9. The van der Waals surface area contributed by atoms with E-state index in [-0.39, 0.29) is 5.97 Å². The fourth-order valence-corrected chi connectivity index (χ4v) is 3.26. The molecule has 21 heavy (non-hydrogen) atoms. The molecular formula is C19H20O2. The highest BCUT2D eigenvalue weighted by Crippen LogP contribution is 2.37. The van der Waals surface area contributed by atoms with Gasteiger partial charge in [0.1, 0.15) is 0 Å². The highest BCUT2D eigenvalue weighted by molar-refractivity contribution is 5.83. The smallest absolute Gasteiger partial charge is 0.312 e.